The second-order valence-corrected chi connectivity index (χ2v) is 9.10. The van der Waals surface area contributed by atoms with E-state index >= 15 is 0 Å². The van der Waals surface area contributed by atoms with Crippen LogP contribution in [0.15, 0.2) is 48.5 Å². The molecule has 2 heterocycles. The molecular formula is C26H28N2O6. The molecule has 0 spiro atoms. The summed E-state index contributed by atoms with van der Waals surface area (Å²) in [7, 11) is 1.28. The highest BCUT2D eigenvalue weighted by Gasteiger charge is 2.48. The zero-order chi connectivity index (χ0) is 23.8. The summed E-state index contributed by atoms with van der Waals surface area (Å²) >= 11 is 0. The van der Waals surface area contributed by atoms with Crippen LogP contribution in [0.1, 0.15) is 42.7 Å². The van der Waals surface area contributed by atoms with Crippen molar-refractivity contribution in [3.63, 3.8) is 0 Å². The summed E-state index contributed by atoms with van der Waals surface area (Å²) in [6, 6.07) is 14.1. The number of aliphatic hydroxyl groups is 1. The van der Waals surface area contributed by atoms with E-state index < -0.39 is 36.3 Å². The SMILES string of the molecule is COC(=O)[C@@H]1CC[C@H]2[C@H](O)CC[C@H](NC(=O)OCC3c4ccccc4-c4ccccc43)C(=O)N12. The first-order chi connectivity index (χ1) is 16.5. The summed E-state index contributed by atoms with van der Waals surface area (Å²) < 4.78 is 10.4. The second-order valence-electron chi connectivity index (χ2n) is 9.10. The summed E-state index contributed by atoms with van der Waals surface area (Å²) in [5.74, 6) is -0.982. The molecule has 5 rings (SSSR count). The van der Waals surface area contributed by atoms with Crippen molar-refractivity contribution in [1.82, 2.24) is 10.2 Å². The number of aliphatic hydroxyl groups excluding tert-OH is 1. The van der Waals surface area contributed by atoms with E-state index in [0.717, 1.165) is 22.3 Å². The maximum absolute atomic E-state index is 13.3. The van der Waals surface area contributed by atoms with Gasteiger partial charge in [-0.05, 0) is 47.9 Å². The van der Waals surface area contributed by atoms with Gasteiger partial charge in [-0.15, -0.1) is 0 Å². The third-order valence-electron chi connectivity index (χ3n) is 7.29. The quantitative estimate of drug-likeness (QED) is 0.674. The molecule has 0 radical (unpaired) electrons. The van der Waals surface area contributed by atoms with Crippen LogP contribution in [0.25, 0.3) is 11.1 Å². The molecule has 2 amide bonds. The van der Waals surface area contributed by atoms with Gasteiger partial charge in [0.05, 0.1) is 19.3 Å². The summed E-state index contributed by atoms with van der Waals surface area (Å²) in [5, 5.41) is 13.2. The zero-order valence-corrected chi connectivity index (χ0v) is 19.0. The molecule has 0 bridgehead atoms. The van der Waals surface area contributed by atoms with E-state index in [-0.39, 0.29) is 24.9 Å². The van der Waals surface area contributed by atoms with Crippen LogP contribution in [0.5, 0.6) is 0 Å². The van der Waals surface area contributed by atoms with Gasteiger partial charge in [0.1, 0.15) is 18.7 Å². The first kappa shape index (κ1) is 22.4. The standard InChI is InChI=1S/C26H28N2O6/c1-33-25(31)22-12-11-21-23(29)13-10-20(24(30)28(21)22)27-26(32)34-14-19-17-8-4-2-6-15(17)16-7-3-5-9-18(16)19/h2-9,19-23,29H,10-14H2,1H3,(H,27,32)/t20-,21-,22-,23+/m0/s1. The van der Waals surface area contributed by atoms with Crippen molar-refractivity contribution in [3.05, 3.63) is 59.7 Å². The lowest BCUT2D eigenvalue weighted by atomic mass is 9.98. The predicted molar refractivity (Wildman–Crippen MR) is 123 cm³/mol. The molecular weight excluding hydrogens is 436 g/mol. The summed E-state index contributed by atoms with van der Waals surface area (Å²) in [5.41, 5.74) is 4.47. The maximum atomic E-state index is 13.3. The summed E-state index contributed by atoms with van der Waals surface area (Å²) in [6.45, 7) is 0.139. The van der Waals surface area contributed by atoms with E-state index in [2.05, 4.69) is 17.4 Å². The number of nitrogens with one attached hydrogen (secondary N) is 1. The van der Waals surface area contributed by atoms with E-state index in [1.807, 2.05) is 36.4 Å². The monoisotopic (exact) mass is 464 g/mol. The lowest BCUT2D eigenvalue weighted by molar-refractivity contribution is -0.153. The Morgan fingerprint density at radius 2 is 1.65 bits per heavy atom. The molecule has 2 aromatic rings. The molecule has 0 aromatic heterocycles. The Kier molecular flexibility index (Phi) is 6.00. The summed E-state index contributed by atoms with van der Waals surface area (Å²) in [6.07, 6.45) is 0.109. The van der Waals surface area contributed by atoms with Gasteiger partial charge < -0.3 is 24.8 Å². The van der Waals surface area contributed by atoms with Gasteiger partial charge >= 0.3 is 12.1 Å². The van der Waals surface area contributed by atoms with E-state index in [1.54, 1.807) is 0 Å². The van der Waals surface area contributed by atoms with E-state index in [4.69, 9.17) is 9.47 Å². The second kappa shape index (κ2) is 9.10. The fourth-order valence-electron chi connectivity index (χ4n) is 5.65. The number of benzene rings is 2. The first-order valence-corrected chi connectivity index (χ1v) is 11.7. The smallest absolute Gasteiger partial charge is 0.407 e. The third kappa shape index (κ3) is 3.81. The predicted octanol–water partition coefficient (Wildman–Crippen LogP) is 2.58. The third-order valence-corrected chi connectivity index (χ3v) is 7.29. The Morgan fingerprint density at radius 1 is 1.00 bits per heavy atom. The molecule has 0 saturated carbocycles. The van der Waals surface area contributed by atoms with Gasteiger partial charge in [-0.1, -0.05) is 48.5 Å². The molecule has 178 valence electrons. The molecule has 2 aliphatic heterocycles. The molecule has 3 aliphatic rings. The number of amides is 2. The van der Waals surface area contributed by atoms with Crippen LogP contribution in [0.2, 0.25) is 0 Å². The van der Waals surface area contributed by atoms with Crippen LogP contribution in [-0.4, -0.2) is 65.9 Å². The number of esters is 1. The van der Waals surface area contributed by atoms with E-state index in [1.165, 1.54) is 12.0 Å². The van der Waals surface area contributed by atoms with Crippen molar-refractivity contribution >= 4 is 18.0 Å². The number of hydrogen-bond acceptors (Lipinski definition) is 6. The van der Waals surface area contributed by atoms with Gasteiger partial charge in [0, 0.05) is 5.92 Å². The van der Waals surface area contributed by atoms with Crippen molar-refractivity contribution < 1.29 is 29.0 Å². The van der Waals surface area contributed by atoms with Crippen LogP contribution >= 0.6 is 0 Å². The Morgan fingerprint density at radius 3 is 2.29 bits per heavy atom. The number of hydrogen-bond donors (Lipinski definition) is 2. The van der Waals surface area contributed by atoms with Gasteiger partial charge in [-0.2, -0.15) is 0 Å². The zero-order valence-electron chi connectivity index (χ0n) is 19.0. The van der Waals surface area contributed by atoms with E-state index in [0.29, 0.717) is 19.3 Å². The molecule has 34 heavy (non-hydrogen) atoms. The Balaban J connectivity index is 1.28. The summed E-state index contributed by atoms with van der Waals surface area (Å²) in [4.78, 5) is 39.6. The van der Waals surface area contributed by atoms with Crippen molar-refractivity contribution in [2.75, 3.05) is 13.7 Å². The highest BCUT2D eigenvalue weighted by Crippen LogP contribution is 2.44. The minimum Gasteiger partial charge on any atom is -0.467 e. The highest BCUT2D eigenvalue weighted by atomic mass is 16.5. The fraction of sp³-hybridized carbons (Fsp3) is 0.423. The molecule has 2 saturated heterocycles. The van der Waals surface area contributed by atoms with Crippen molar-refractivity contribution in [3.8, 4) is 11.1 Å². The Hall–Kier alpha value is -3.39. The topological polar surface area (TPSA) is 105 Å². The average molecular weight is 465 g/mol. The molecule has 1 aliphatic carbocycles. The highest BCUT2D eigenvalue weighted by molar-refractivity contribution is 5.91. The number of carbonyl (C=O) groups is 3. The van der Waals surface area contributed by atoms with Crippen molar-refractivity contribution in [1.29, 1.82) is 0 Å². The van der Waals surface area contributed by atoms with Gasteiger partial charge in [0.15, 0.2) is 0 Å². The van der Waals surface area contributed by atoms with E-state index in [9.17, 15) is 19.5 Å². The average Bonchev–Trinajstić information content (AvgIpc) is 3.41. The number of fused-ring (bicyclic) bond motifs is 4. The maximum Gasteiger partial charge on any atom is 0.407 e. The van der Waals surface area contributed by atoms with Gasteiger partial charge in [0.2, 0.25) is 5.91 Å². The number of ether oxygens (including phenoxy) is 2. The molecule has 2 aromatic carbocycles. The number of carbonyl (C=O) groups excluding carboxylic acids is 3. The van der Waals surface area contributed by atoms with Crippen LogP contribution in [0.3, 0.4) is 0 Å². The van der Waals surface area contributed by atoms with Crippen molar-refractivity contribution in [2.24, 2.45) is 0 Å². The molecule has 2 N–H and O–H groups in total. The lowest BCUT2D eigenvalue weighted by Crippen LogP contribution is -2.54. The number of alkyl carbamates (subject to hydrolysis) is 1. The molecule has 0 unspecified atom stereocenters. The largest absolute Gasteiger partial charge is 0.467 e. The Bertz CT molecular complexity index is 1070. The van der Waals surface area contributed by atoms with Crippen LogP contribution in [0.4, 0.5) is 4.79 Å². The number of nitrogens with zero attached hydrogens (tertiary/aromatic N) is 1. The Labute approximate surface area is 197 Å². The molecule has 2 fully saturated rings. The van der Waals surface area contributed by atoms with Crippen molar-refractivity contribution in [2.45, 2.75) is 55.8 Å². The normalized spacial score (nSPS) is 25.7. The lowest BCUT2D eigenvalue weighted by Gasteiger charge is -2.31. The first-order valence-electron chi connectivity index (χ1n) is 11.7. The van der Waals surface area contributed by atoms with Gasteiger partial charge in [0.25, 0.3) is 0 Å². The van der Waals surface area contributed by atoms with Gasteiger partial charge in [-0.3, -0.25) is 4.79 Å². The number of methoxy groups -OCH3 is 1. The number of rotatable bonds is 4. The minimum atomic E-state index is -0.874. The van der Waals surface area contributed by atoms with Crippen LogP contribution in [0, 0.1) is 0 Å². The van der Waals surface area contributed by atoms with Gasteiger partial charge in [-0.25, -0.2) is 9.59 Å². The minimum absolute atomic E-state index is 0.0866. The molecule has 8 nitrogen and oxygen atoms in total. The molecule has 8 heteroatoms. The fourth-order valence-corrected chi connectivity index (χ4v) is 5.65. The van der Waals surface area contributed by atoms with Crippen LogP contribution < -0.4 is 5.32 Å². The molecule has 4 atom stereocenters. The van der Waals surface area contributed by atoms with Crippen LogP contribution in [-0.2, 0) is 19.1 Å².